The molecule has 142 valence electrons. The normalized spacial score (nSPS) is 11.1. The van der Waals surface area contributed by atoms with E-state index in [2.05, 4.69) is 25.4 Å². The number of benzene rings is 1. The van der Waals surface area contributed by atoms with Crippen molar-refractivity contribution in [3.63, 3.8) is 0 Å². The molecule has 3 aromatic heterocycles. The fourth-order valence-corrected chi connectivity index (χ4v) is 3.88. The number of carbonyl (C=O) groups is 1. The van der Waals surface area contributed by atoms with E-state index in [4.69, 9.17) is 0 Å². The number of H-pyrrole nitrogens is 1. The van der Waals surface area contributed by atoms with Crippen molar-refractivity contribution in [3.8, 4) is 5.69 Å². The lowest BCUT2D eigenvalue weighted by Gasteiger charge is -2.09. The van der Waals surface area contributed by atoms with Gasteiger partial charge in [0, 0.05) is 11.6 Å². The summed E-state index contributed by atoms with van der Waals surface area (Å²) in [6.07, 6.45) is 3.13. The number of hydrogen-bond acceptors (Lipinski definition) is 7. The molecule has 28 heavy (non-hydrogen) atoms. The van der Waals surface area contributed by atoms with Crippen molar-refractivity contribution in [2.45, 2.75) is 19.0 Å². The number of rotatable bonds is 5. The van der Waals surface area contributed by atoms with Crippen LogP contribution in [0, 0.1) is 13.8 Å². The fraction of sp³-hybridized carbons (Fsp3) is 0.167. The Balaban J connectivity index is 1.63. The van der Waals surface area contributed by atoms with Gasteiger partial charge in [0.2, 0.25) is 5.91 Å². The van der Waals surface area contributed by atoms with Crippen LogP contribution in [-0.2, 0) is 4.79 Å². The van der Waals surface area contributed by atoms with Crippen molar-refractivity contribution in [1.82, 2.24) is 24.7 Å². The Labute approximate surface area is 168 Å². The molecule has 0 spiro atoms. The second-order valence-corrected chi connectivity index (χ2v) is 7.92. The lowest BCUT2D eigenvalue weighted by atomic mass is 10.1. The van der Waals surface area contributed by atoms with E-state index in [1.54, 1.807) is 16.3 Å². The number of anilines is 1. The third-order valence-electron chi connectivity index (χ3n) is 4.24. The van der Waals surface area contributed by atoms with Gasteiger partial charge in [0.1, 0.15) is 5.39 Å². The summed E-state index contributed by atoms with van der Waals surface area (Å²) in [6.45, 7) is 4.02. The van der Waals surface area contributed by atoms with Crippen molar-refractivity contribution in [2.24, 2.45) is 0 Å². The smallest absolute Gasteiger partial charge is 0.262 e. The molecule has 0 atom stereocenters. The molecule has 0 aliphatic heterocycles. The van der Waals surface area contributed by atoms with E-state index in [9.17, 15) is 9.59 Å². The third kappa shape index (κ3) is 3.56. The molecule has 0 unspecified atom stereocenters. The molecule has 0 saturated heterocycles. The van der Waals surface area contributed by atoms with E-state index in [-0.39, 0.29) is 17.2 Å². The quantitative estimate of drug-likeness (QED) is 0.386. The first kappa shape index (κ1) is 18.4. The lowest BCUT2D eigenvalue weighted by Crippen LogP contribution is -2.15. The number of thioether (sulfide) groups is 1. The number of nitrogens with one attached hydrogen (secondary N) is 2. The van der Waals surface area contributed by atoms with Gasteiger partial charge in [-0.15, -0.1) is 11.3 Å². The molecular weight excluding hydrogens is 396 g/mol. The number of thiazole rings is 1. The van der Waals surface area contributed by atoms with E-state index in [1.807, 2.05) is 32.0 Å². The number of carbonyl (C=O) groups excluding carboxylic acids is 1. The highest BCUT2D eigenvalue weighted by atomic mass is 32.2. The lowest BCUT2D eigenvalue weighted by molar-refractivity contribution is -0.113. The SMILES string of the molecule is Cc1cccc(-n2ncc3c(=O)[nH]c(SCC(=O)Nc4nccs4)nc32)c1C. The molecule has 0 radical (unpaired) electrons. The highest BCUT2D eigenvalue weighted by Crippen LogP contribution is 2.22. The predicted molar refractivity (Wildman–Crippen MR) is 110 cm³/mol. The number of aromatic nitrogens is 5. The Morgan fingerprint density at radius 3 is 3.00 bits per heavy atom. The molecule has 0 fully saturated rings. The monoisotopic (exact) mass is 412 g/mol. The zero-order chi connectivity index (χ0) is 19.7. The zero-order valence-corrected chi connectivity index (χ0v) is 16.7. The summed E-state index contributed by atoms with van der Waals surface area (Å²) in [6, 6.07) is 5.90. The van der Waals surface area contributed by atoms with Crippen LogP contribution in [0.5, 0.6) is 0 Å². The summed E-state index contributed by atoms with van der Waals surface area (Å²) < 4.78 is 1.66. The molecule has 0 saturated carbocycles. The van der Waals surface area contributed by atoms with Gasteiger partial charge >= 0.3 is 0 Å². The molecule has 4 aromatic rings. The minimum atomic E-state index is -0.288. The fourth-order valence-electron chi connectivity index (χ4n) is 2.68. The van der Waals surface area contributed by atoms with Gasteiger partial charge in [-0.2, -0.15) is 5.10 Å². The van der Waals surface area contributed by atoms with Crippen molar-refractivity contribution in [1.29, 1.82) is 0 Å². The first-order valence-electron chi connectivity index (χ1n) is 8.39. The summed E-state index contributed by atoms with van der Waals surface area (Å²) in [5.41, 5.74) is 3.22. The maximum Gasteiger partial charge on any atom is 0.262 e. The molecule has 3 heterocycles. The van der Waals surface area contributed by atoms with Crippen molar-refractivity contribution in [2.75, 3.05) is 11.1 Å². The van der Waals surface area contributed by atoms with Crippen LogP contribution in [0.2, 0.25) is 0 Å². The molecule has 0 bridgehead atoms. The Bertz CT molecular complexity index is 1210. The number of nitrogens with zero attached hydrogens (tertiary/aromatic N) is 4. The number of amides is 1. The molecule has 4 rings (SSSR count). The van der Waals surface area contributed by atoms with Gasteiger partial charge in [-0.05, 0) is 31.0 Å². The van der Waals surface area contributed by atoms with Gasteiger partial charge < -0.3 is 10.3 Å². The summed E-state index contributed by atoms with van der Waals surface area (Å²) in [4.78, 5) is 35.7. The maximum atomic E-state index is 12.4. The molecule has 10 heteroatoms. The Morgan fingerprint density at radius 1 is 1.36 bits per heavy atom. The Kier molecular flexibility index (Phi) is 4.97. The highest BCUT2D eigenvalue weighted by molar-refractivity contribution is 7.99. The number of hydrogen-bond donors (Lipinski definition) is 2. The Hall–Kier alpha value is -2.98. The molecular formula is C18H16N6O2S2. The summed E-state index contributed by atoms with van der Waals surface area (Å²) in [7, 11) is 0. The van der Waals surface area contributed by atoms with Crippen LogP contribution in [0.15, 0.2) is 45.9 Å². The van der Waals surface area contributed by atoms with E-state index < -0.39 is 0 Å². The Morgan fingerprint density at radius 2 is 2.21 bits per heavy atom. The minimum Gasteiger partial charge on any atom is -0.301 e. The summed E-state index contributed by atoms with van der Waals surface area (Å²) in [5.74, 6) is -0.114. The van der Waals surface area contributed by atoms with Gasteiger partial charge in [0.25, 0.3) is 5.56 Å². The molecule has 2 N–H and O–H groups in total. The van der Waals surface area contributed by atoms with Crippen molar-refractivity contribution in [3.05, 3.63) is 57.5 Å². The largest absolute Gasteiger partial charge is 0.301 e. The average Bonchev–Trinajstić information content (AvgIpc) is 3.32. The first-order chi connectivity index (χ1) is 13.5. The highest BCUT2D eigenvalue weighted by Gasteiger charge is 2.14. The van der Waals surface area contributed by atoms with Gasteiger partial charge in [0.15, 0.2) is 15.9 Å². The zero-order valence-electron chi connectivity index (χ0n) is 15.1. The van der Waals surface area contributed by atoms with Gasteiger partial charge in [-0.3, -0.25) is 9.59 Å². The summed E-state index contributed by atoms with van der Waals surface area (Å²) >= 11 is 2.49. The molecule has 0 aliphatic carbocycles. The third-order valence-corrected chi connectivity index (χ3v) is 5.80. The van der Waals surface area contributed by atoms with E-state index in [1.165, 1.54) is 17.5 Å². The number of fused-ring (bicyclic) bond motifs is 1. The van der Waals surface area contributed by atoms with Crippen molar-refractivity contribution >= 4 is 45.2 Å². The maximum absolute atomic E-state index is 12.4. The second kappa shape index (κ2) is 7.56. The predicted octanol–water partition coefficient (Wildman–Crippen LogP) is 2.91. The van der Waals surface area contributed by atoms with Crippen LogP contribution < -0.4 is 10.9 Å². The molecule has 8 nitrogen and oxygen atoms in total. The molecule has 0 aliphatic rings. The number of aromatic amines is 1. The van der Waals surface area contributed by atoms with Crippen LogP contribution >= 0.6 is 23.1 Å². The first-order valence-corrected chi connectivity index (χ1v) is 10.3. The molecule has 1 amide bonds. The standard InChI is InChI=1S/C18H16N6O2S2/c1-10-4-3-5-13(11(10)2)24-15-12(8-20-24)16(26)23-18(22-15)28-9-14(25)21-17-19-6-7-27-17/h3-8H,9H2,1-2H3,(H,19,21,25)(H,22,23,26). The van der Waals surface area contributed by atoms with E-state index in [0.29, 0.717) is 21.3 Å². The van der Waals surface area contributed by atoms with Gasteiger partial charge in [-0.1, -0.05) is 23.9 Å². The van der Waals surface area contributed by atoms with E-state index in [0.717, 1.165) is 28.6 Å². The van der Waals surface area contributed by atoms with Gasteiger partial charge in [-0.25, -0.2) is 14.6 Å². The molecule has 1 aromatic carbocycles. The van der Waals surface area contributed by atoms with Crippen molar-refractivity contribution < 1.29 is 4.79 Å². The van der Waals surface area contributed by atoms with Crippen LogP contribution in [-0.4, -0.2) is 36.4 Å². The van der Waals surface area contributed by atoms with Crippen LogP contribution in [0.4, 0.5) is 5.13 Å². The van der Waals surface area contributed by atoms with Crippen LogP contribution in [0.25, 0.3) is 16.7 Å². The van der Waals surface area contributed by atoms with Crippen LogP contribution in [0.3, 0.4) is 0 Å². The average molecular weight is 413 g/mol. The number of aryl methyl sites for hydroxylation is 1. The topological polar surface area (TPSA) is 106 Å². The minimum absolute atomic E-state index is 0.103. The van der Waals surface area contributed by atoms with Gasteiger partial charge in [0.05, 0.1) is 17.6 Å². The summed E-state index contributed by atoms with van der Waals surface area (Å²) in [5, 5.41) is 10.1. The van der Waals surface area contributed by atoms with E-state index >= 15 is 0 Å². The second-order valence-electron chi connectivity index (χ2n) is 6.06. The van der Waals surface area contributed by atoms with Crippen LogP contribution in [0.1, 0.15) is 11.1 Å².